The molecule has 2 aromatic carbocycles. The first-order valence-electron chi connectivity index (χ1n) is 5.44. The van der Waals surface area contributed by atoms with E-state index in [0.717, 1.165) is 0 Å². The van der Waals surface area contributed by atoms with Crippen molar-refractivity contribution in [3.05, 3.63) is 63.9 Å². The van der Waals surface area contributed by atoms with E-state index < -0.39 is 5.97 Å². The molecule has 0 N–H and O–H groups in total. The minimum absolute atomic E-state index is 0.0602. The van der Waals surface area contributed by atoms with Crippen LogP contribution >= 0.6 is 15.9 Å². The first kappa shape index (κ1) is 13.5. The molecule has 0 aliphatic heterocycles. The monoisotopic (exact) mass is 323 g/mol. The SMILES string of the molecule is O=C([O-])c1ccc(OCc2cccc(F)c2)c(Br)c1. The zero-order valence-electron chi connectivity index (χ0n) is 9.73. The van der Waals surface area contributed by atoms with E-state index in [-0.39, 0.29) is 18.0 Å². The van der Waals surface area contributed by atoms with E-state index in [1.165, 1.54) is 30.3 Å². The number of carbonyl (C=O) groups excluding carboxylic acids is 1. The first-order valence-corrected chi connectivity index (χ1v) is 6.23. The molecule has 0 heterocycles. The minimum Gasteiger partial charge on any atom is -0.545 e. The highest BCUT2D eigenvalue weighted by Gasteiger charge is 2.04. The maximum atomic E-state index is 13.0. The lowest BCUT2D eigenvalue weighted by molar-refractivity contribution is -0.255. The maximum Gasteiger partial charge on any atom is 0.134 e. The van der Waals surface area contributed by atoms with Gasteiger partial charge >= 0.3 is 0 Å². The van der Waals surface area contributed by atoms with Gasteiger partial charge in [0.1, 0.15) is 18.2 Å². The van der Waals surface area contributed by atoms with E-state index in [9.17, 15) is 14.3 Å². The van der Waals surface area contributed by atoms with Crippen LogP contribution in [0.2, 0.25) is 0 Å². The molecule has 0 atom stereocenters. The number of benzene rings is 2. The summed E-state index contributed by atoms with van der Waals surface area (Å²) in [6, 6.07) is 10.4. The topological polar surface area (TPSA) is 49.4 Å². The lowest BCUT2D eigenvalue weighted by Gasteiger charge is -2.10. The van der Waals surface area contributed by atoms with Crippen LogP contribution in [0.3, 0.4) is 0 Å². The Morgan fingerprint density at radius 1 is 1.26 bits per heavy atom. The summed E-state index contributed by atoms with van der Waals surface area (Å²) in [5, 5.41) is 10.7. The molecule has 0 aliphatic rings. The second kappa shape index (κ2) is 5.84. The zero-order chi connectivity index (χ0) is 13.8. The number of halogens is 2. The zero-order valence-corrected chi connectivity index (χ0v) is 11.3. The fourth-order valence-electron chi connectivity index (χ4n) is 1.53. The largest absolute Gasteiger partial charge is 0.545 e. The molecule has 0 radical (unpaired) electrons. The standard InChI is InChI=1S/C14H10BrFO3/c15-12-7-10(14(17)18)4-5-13(12)19-8-9-2-1-3-11(16)6-9/h1-7H,8H2,(H,17,18)/p-1. The van der Waals surface area contributed by atoms with Crippen molar-refractivity contribution in [1.29, 1.82) is 0 Å². The number of carboxylic acid groups (broad SMARTS) is 1. The van der Waals surface area contributed by atoms with Crippen molar-refractivity contribution in [2.45, 2.75) is 6.61 Å². The third kappa shape index (κ3) is 3.54. The normalized spacial score (nSPS) is 10.2. The second-order valence-corrected chi connectivity index (χ2v) is 4.71. The molecular formula is C14H9BrFO3-. The van der Waals surface area contributed by atoms with Crippen LogP contribution in [0.5, 0.6) is 5.75 Å². The van der Waals surface area contributed by atoms with Crippen LogP contribution in [0.1, 0.15) is 15.9 Å². The smallest absolute Gasteiger partial charge is 0.134 e. The average molecular weight is 324 g/mol. The van der Waals surface area contributed by atoms with E-state index in [1.807, 2.05) is 0 Å². The highest BCUT2D eigenvalue weighted by Crippen LogP contribution is 2.26. The summed E-state index contributed by atoms with van der Waals surface area (Å²) in [6.07, 6.45) is 0. The van der Waals surface area contributed by atoms with Crippen molar-refractivity contribution in [2.75, 3.05) is 0 Å². The summed E-state index contributed by atoms with van der Waals surface area (Å²) < 4.78 is 19.0. The van der Waals surface area contributed by atoms with Crippen molar-refractivity contribution in [3.8, 4) is 5.75 Å². The minimum atomic E-state index is -1.25. The van der Waals surface area contributed by atoms with E-state index in [0.29, 0.717) is 15.8 Å². The molecule has 98 valence electrons. The molecule has 0 saturated carbocycles. The van der Waals surface area contributed by atoms with Crippen LogP contribution in [0.4, 0.5) is 4.39 Å². The predicted molar refractivity (Wildman–Crippen MR) is 69.2 cm³/mol. The number of carbonyl (C=O) groups is 1. The fraction of sp³-hybridized carbons (Fsp3) is 0.0714. The third-order valence-electron chi connectivity index (χ3n) is 2.45. The summed E-state index contributed by atoms with van der Waals surface area (Å²) in [7, 11) is 0. The molecule has 2 aromatic rings. The van der Waals surface area contributed by atoms with Crippen LogP contribution in [0, 0.1) is 5.82 Å². The van der Waals surface area contributed by atoms with Gasteiger partial charge in [0.25, 0.3) is 0 Å². The lowest BCUT2D eigenvalue weighted by atomic mass is 10.2. The Labute approximate surface area is 117 Å². The Morgan fingerprint density at radius 2 is 2.05 bits per heavy atom. The highest BCUT2D eigenvalue weighted by atomic mass is 79.9. The summed E-state index contributed by atoms with van der Waals surface area (Å²) in [4.78, 5) is 10.7. The predicted octanol–water partition coefficient (Wildman–Crippen LogP) is 2.53. The number of ether oxygens (including phenoxy) is 1. The fourth-order valence-corrected chi connectivity index (χ4v) is 2.03. The second-order valence-electron chi connectivity index (χ2n) is 3.85. The molecular weight excluding hydrogens is 315 g/mol. The van der Waals surface area contributed by atoms with Gasteiger partial charge in [0.05, 0.1) is 10.4 Å². The summed E-state index contributed by atoms with van der Waals surface area (Å²) in [5.41, 5.74) is 0.751. The van der Waals surface area contributed by atoms with E-state index in [2.05, 4.69) is 15.9 Å². The molecule has 0 spiro atoms. The van der Waals surface area contributed by atoms with Gasteiger partial charge in [-0.15, -0.1) is 0 Å². The van der Waals surface area contributed by atoms with Gasteiger partial charge in [0.15, 0.2) is 0 Å². The first-order chi connectivity index (χ1) is 9.06. The molecule has 0 fully saturated rings. The van der Waals surface area contributed by atoms with Gasteiger partial charge in [-0.2, -0.15) is 0 Å². The molecule has 0 unspecified atom stereocenters. The Kier molecular flexibility index (Phi) is 4.16. The molecule has 0 amide bonds. The molecule has 5 heteroatoms. The Bertz CT molecular complexity index is 613. The van der Waals surface area contributed by atoms with Gasteiger partial charge in [-0.25, -0.2) is 4.39 Å². The van der Waals surface area contributed by atoms with Crippen molar-refractivity contribution >= 4 is 21.9 Å². The van der Waals surface area contributed by atoms with Crippen molar-refractivity contribution in [1.82, 2.24) is 0 Å². The van der Waals surface area contributed by atoms with E-state index in [4.69, 9.17) is 4.74 Å². The summed E-state index contributed by atoms with van der Waals surface area (Å²) >= 11 is 3.21. The van der Waals surface area contributed by atoms with Gasteiger partial charge in [-0.3, -0.25) is 0 Å². The highest BCUT2D eigenvalue weighted by molar-refractivity contribution is 9.10. The Morgan fingerprint density at radius 3 is 2.68 bits per heavy atom. The van der Waals surface area contributed by atoms with Crippen molar-refractivity contribution in [3.63, 3.8) is 0 Å². The quantitative estimate of drug-likeness (QED) is 0.868. The number of carboxylic acids is 1. The number of hydrogen-bond donors (Lipinski definition) is 0. The average Bonchev–Trinajstić information content (AvgIpc) is 2.37. The molecule has 0 bridgehead atoms. The molecule has 0 aromatic heterocycles. The Balaban J connectivity index is 2.10. The molecule has 2 rings (SSSR count). The van der Waals surface area contributed by atoms with Gasteiger partial charge in [0, 0.05) is 0 Å². The van der Waals surface area contributed by atoms with Gasteiger partial charge in [-0.1, -0.05) is 12.1 Å². The molecule has 0 aliphatic carbocycles. The van der Waals surface area contributed by atoms with Crippen LogP contribution in [0.15, 0.2) is 46.9 Å². The number of rotatable bonds is 4. The molecule has 0 saturated heterocycles. The van der Waals surface area contributed by atoms with E-state index in [1.54, 1.807) is 12.1 Å². The number of aromatic carboxylic acids is 1. The lowest BCUT2D eigenvalue weighted by Crippen LogP contribution is -2.22. The van der Waals surface area contributed by atoms with Crippen molar-refractivity contribution < 1.29 is 19.0 Å². The number of hydrogen-bond acceptors (Lipinski definition) is 3. The van der Waals surface area contributed by atoms with Gasteiger partial charge < -0.3 is 14.6 Å². The van der Waals surface area contributed by atoms with Gasteiger partial charge in [0.2, 0.25) is 0 Å². The molecule has 3 nitrogen and oxygen atoms in total. The third-order valence-corrected chi connectivity index (χ3v) is 3.07. The molecule has 19 heavy (non-hydrogen) atoms. The maximum absolute atomic E-state index is 13.0. The van der Waals surface area contributed by atoms with E-state index >= 15 is 0 Å². The summed E-state index contributed by atoms with van der Waals surface area (Å²) in [6.45, 7) is 0.195. The van der Waals surface area contributed by atoms with Crippen LogP contribution in [-0.4, -0.2) is 5.97 Å². The van der Waals surface area contributed by atoms with Crippen molar-refractivity contribution in [2.24, 2.45) is 0 Å². The Hall–Kier alpha value is -1.88. The van der Waals surface area contributed by atoms with Crippen LogP contribution in [-0.2, 0) is 6.61 Å². The summed E-state index contributed by atoms with van der Waals surface area (Å²) in [5.74, 6) is -1.10. The van der Waals surface area contributed by atoms with Crippen LogP contribution < -0.4 is 9.84 Å². The van der Waals surface area contributed by atoms with Crippen LogP contribution in [0.25, 0.3) is 0 Å². The van der Waals surface area contributed by atoms with Gasteiger partial charge in [-0.05, 0) is 57.4 Å².